The summed E-state index contributed by atoms with van der Waals surface area (Å²) in [4.78, 5) is 26.4. The van der Waals surface area contributed by atoms with Gasteiger partial charge in [0.25, 0.3) is 5.91 Å². The van der Waals surface area contributed by atoms with Crippen LogP contribution in [0.5, 0.6) is 5.75 Å². The number of carbonyl (C=O) groups excluding carboxylic acids is 1. The van der Waals surface area contributed by atoms with Crippen LogP contribution in [0.15, 0.2) is 43.1 Å². The van der Waals surface area contributed by atoms with Gasteiger partial charge in [-0.05, 0) is 18.6 Å². The molecule has 3 heterocycles. The van der Waals surface area contributed by atoms with Gasteiger partial charge in [-0.1, -0.05) is 0 Å². The van der Waals surface area contributed by atoms with Gasteiger partial charge in [0.05, 0.1) is 24.5 Å². The molecule has 2 atom stereocenters. The highest BCUT2D eigenvalue weighted by atomic mass is 16.5. The Morgan fingerprint density at radius 1 is 1.30 bits per heavy atom. The lowest BCUT2D eigenvalue weighted by Gasteiger charge is -2.24. The molecular formula is C16H18N4O3. The zero-order valence-corrected chi connectivity index (χ0v) is 12.8. The molecule has 0 saturated carbocycles. The number of hydrogen-bond acceptors (Lipinski definition) is 6. The third-order valence-corrected chi connectivity index (χ3v) is 3.83. The number of methoxy groups -OCH3 is 1. The maximum Gasteiger partial charge on any atom is 0.274 e. The van der Waals surface area contributed by atoms with Crippen molar-refractivity contribution in [3.05, 3.63) is 48.8 Å². The highest BCUT2D eigenvalue weighted by molar-refractivity contribution is 5.92. The number of aromatic nitrogens is 3. The number of rotatable bonds is 5. The van der Waals surface area contributed by atoms with Crippen LogP contribution in [-0.4, -0.2) is 58.2 Å². The summed E-state index contributed by atoms with van der Waals surface area (Å²) in [5.74, 6) is 0.526. The highest BCUT2D eigenvalue weighted by Gasteiger charge is 2.36. The molecule has 1 fully saturated rings. The molecule has 120 valence electrons. The smallest absolute Gasteiger partial charge is 0.274 e. The second-order valence-electron chi connectivity index (χ2n) is 5.30. The van der Waals surface area contributed by atoms with Crippen molar-refractivity contribution in [1.29, 1.82) is 0 Å². The van der Waals surface area contributed by atoms with Crippen LogP contribution in [-0.2, 0) is 4.74 Å². The van der Waals surface area contributed by atoms with Crippen LogP contribution in [0.2, 0.25) is 0 Å². The molecule has 0 bridgehead atoms. The summed E-state index contributed by atoms with van der Waals surface area (Å²) in [6.45, 7) is 0.907. The molecule has 0 aliphatic carbocycles. The lowest BCUT2D eigenvalue weighted by atomic mass is 10.2. The first kappa shape index (κ1) is 15.4. The van der Waals surface area contributed by atoms with Crippen LogP contribution in [0.4, 0.5) is 0 Å². The molecule has 1 amide bonds. The largest absolute Gasteiger partial charge is 0.490 e. The van der Waals surface area contributed by atoms with Crippen molar-refractivity contribution in [2.75, 3.05) is 20.3 Å². The van der Waals surface area contributed by atoms with Gasteiger partial charge in [0.2, 0.25) is 0 Å². The molecule has 23 heavy (non-hydrogen) atoms. The Balaban J connectivity index is 1.70. The molecule has 0 unspecified atom stereocenters. The molecule has 0 aromatic carbocycles. The Morgan fingerprint density at radius 3 is 2.87 bits per heavy atom. The molecule has 7 heteroatoms. The van der Waals surface area contributed by atoms with Gasteiger partial charge in [0.15, 0.2) is 0 Å². The molecule has 0 radical (unpaired) electrons. The number of amides is 1. The summed E-state index contributed by atoms with van der Waals surface area (Å²) in [6, 6.07) is 3.57. The van der Waals surface area contributed by atoms with Gasteiger partial charge in [-0.25, -0.2) is 4.98 Å². The summed E-state index contributed by atoms with van der Waals surface area (Å²) in [5, 5.41) is 0. The molecule has 2 aromatic rings. The SMILES string of the molecule is CO[C@@H]1C[C@@H](COc2cccnc2)N(C(=O)c2cnccn2)C1. The summed E-state index contributed by atoms with van der Waals surface area (Å²) in [6.07, 6.45) is 8.59. The zero-order chi connectivity index (χ0) is 16.1. The van der Waals surface area contributed by atoms with Crippen LogP contribution < -0.4 is 4.74 Å². The quantitative estimate of drug-likeness (QED) is 0.825. The number of carbonyl (C=O) groups is 1. The fourth-order valence-corrected chi connectivity index (χ4v) is 2.63. The lowest BCUT2D eigenvalue weighted by Crippen LogP contribution is -2.39. The van der Waals surface area contributed by atoms with E-state index >= 15 is 0 Å². The van der Waals surface area contributed by atoms with E-state index in [-0.39, 0.29) is 18.1 Å². The molecule has 0 spiro atoms. The Labute approximate surface area is 134 Å². The summed E-state index contributed by atoms with van der Waals surface area (Å²) in [5.41, 5.74) is 0.329. The minimum absolute atomic E-state index is 0.00174. The van der Waals surface area contributed by atoms with Crippen LogP contribution in [0.25, 0.3) is 0 Å². The van der Waals surface area contributed by atoms with Crippen molar-refractivity contribution >= 4 is 5.91 Å². The van der Waals surface area contributed by atoms with E-state index < -0.39 is 0 Å². The zero-order valence-electron chi connectivity index (χ0n) is 12.8. The first-order valence-electron chi connectivity index (χ1n) is 7.40. The lowest BCUT2D eigenvalue weighted by molar-refractivity contribution is 0.0651. The highest BCUT2D eigenvalue weighted by Crippen LogP contribution is 2.23. The molecule has 1 aliphatic rings. The topological polar surface area (TPSA) is 77.4 Å². The normalized spacial score (nSPS) is 20.5. The summed E-state index contributed by atoms with van der Waals surface area (Å²) in [7, 11) is 1.65. The van der Waals surface area contributed by atoms with E-state index in [1.807, 2.05) is 12.1 Å². The van der Waals surface area contributed by atoms with Crippen LogP contribution in [0.3, 0.4) is 0 Å². The van der Waals surface area contributed by atoms with Crippen LogP contribution in [0.1, 0.15) is 16.9 Å². The molecular weight excluding hydrogens is 296 g/mol. The van der Waals surface area contributed by atoms with Crippen molar-refractivity contribution < 1.29 is 14.3 Å². The Bertz CT molecular complexity index is 638. The Hall–Kier alpha value is -2.54. The van der Waals surface area contributed by atoms with E-state index in [9.17, 15) is 4.79 Å². The Kier molecular flexibility index (Phi) is 4.77. The fourth-order valence-electron chi connectivity index (χ4n) is 2.63. The van der Waals surface area contributed by atoms with Gasteiger partial charge in [0, 0.05) is 32.2 Å². The van der Waals surface area contributed by atoms with Gasteiger partial charge in [0.1, 0.15) is 18.1 Å². The van der Waals surface area contributed by atoms with Crippen molar-refractivity contribution in [2.45, 2.75) is 18.6 Å². The van der Waals surface area contributed by atoms with Crippen molar-refractivity contribution in [1.82, 2.24) is 19.9 Å². The summed E-state index contributed by atoms with van der Waals surface area (Å²) >= 11 is 0. The second kappa shape index (κ2) is 7.15. The maximum atomic E-state index is 12.6. The van der Waals surface area contributed by atoms with Crippen LogP contribution in [0, 0.1) is 0 Å². The molecule has 1 aliphatic heterocycles. The maximum absolute atomic E-state index is 12.6. The first-order chi connectivity index (χ1) is 11.3. The van der Waals surface area contributed by atoms with Gasteiger partial charge >= 0.3 is 0 Å². The van der Waals surface area contributed by atoms with Gasteiger partial charge in [-0.2, -0.15) is 0 Å². The average molecular weight is 314 g/mol. The van der Waals surface area contributed by atoms with E-state index in [0.29, 0.717) is 24.6 Å². The minimum atomic E-state index is -0.155. The van der Waals surface area contributed by atoms with Gasteiger partial charge < -0.3 is 14.4 Å². The molecule has 2 aromatic heterocycles. The molecule has 7 nitrogen and oxygen atoms in total. The van der Waals surface area contributed by atoms with E-state index in [1.54, 1.807) is 30.6 Å². The van der Waals surface area contributed by atoms with Gasteiger partial charge in [-0.15, -0.1) is 0 Å². The monoisotopic (exact) mass is 314 g/mol. The number of nitrogens with zero attached hydrogens (tertiary/aromatic N) is 4. The predicted octanol–water partition coefficient (Wildman–Crippen LogP) is 1.18. The van der Waals surface area contributed by atoms with Crippen molar-refractivity contribution in [3.63, 3.8) is 0 Å². The van der Waals surface area contributed by atoms with E-state index in [0.717, 1.165) is 6.42 Å². The number of ether oxygens (including phenoxy) is 2. The van der Waals surface area contributed by atoms with Gasteiger partial charge in [-0.3, -0.25) is 14.8 Å². The van der Waals surface area contributed by atoms with E-state index in [1.165, 1.54) is 12.4 Å². The standard InChI is InChI=1S/C16H18N4O3/c1-22-14-7-12(11-23-13-3-2-4-17-8-13)20(10-14)16(21)15-9-18-5-6-19-15/h2-6,8-9,12,14H,7,10-11H2,1H3/t12-,14+/m0/s1. The average Bonchev–Trinajstić information content (AvgIpc) is 3.04. The first-order valence-corrected chi connectivity index (χ1v) is 7.40. The molecule has 3 rings (SSSR count). The molecule has 1 saturated heterocycles. The number of pyridine rings is 1. The molecule has 0 N–H and O–H groups in total. The minimum Gasteiger partial charge on any atom is -0.490 e. The van der Waals surface area contributed by atoms with E-state index in [2.05, 4.69) is 15.0 Å². The number of hydrogen-bond donors (Lipinski definition) is 0. The Morgan fingerprint density at radius 2 is 2.17 bits per heavy atom. The summed E-state index contributed by atoms with van der Waals surface area (Å²) < 4.78 is 11.2. The fraction of sp³-hybridized carbons (Fsp3) is 0.375. The van der Waals surface area contributed by atoms with Crippen molar-refractivity contribution in [3.8, 4) is 5.75 Å². The third kappa shape index (κ3) is 3.62. The van der Waals surface area contributed by atoms with Crippen LogP contribution >= 0.6 is 0 Å². The third-order valence-electron chi connectivity index (χ3n) is 3.83. The predicted molar refractivity (Wildman–Crippen MR) is 82.0 cm³/mol. The van der Waals surface area contributed by atoms with Crippen molar-refractivity contribution in [2.24, 2.45) is 0 Å². The second-order valence-corrected chi connectivity index (χ2v) is 5.30. The number of likely N-dealkylation sites (tertiary alicyclic amines) is 1. The van der Waals surface area contributed by atoms with E-state index in [4.69, 9.17) is 9.47 Å².